The third kappa shape index (κ3) is 5.23. The van der Waals surface area contributed by atoms with Crippen LogP contribution in [-0.2, 0) is 17.8 Å². The summed E-state index contributed by atoms with van der Waals surface area (Å²) in [5.74, 6) is 4.09. The molecule has 29 heavy (non-hydrogen) atoms. The van der Waals surface area contributed by atoms with Gasteiger partial charge in [0, 0.05) is 26.2 Å². The van der Waals surface area contributed by atoms with Crippen molar-refractivity contribution in [3.63, 3.8) is 0 Å². The van der Waals surface area contributed by atoms with Gasteiger partial charge >= 0.3 is 0 Å². The van der Waals surface area contributed by atoms with Crippen molar-refractivity contribution in [3.8, 4) is 17.2 Å². The molecule has 2 aliphatic heterocycles. The van der Waals surface area contributed by atoms with E-state index in [1.165, 1.54) is 0 Å². The lowest BCUT2D eigenvalue weighted by molar-refractivity contribution is 0.0358. The second kappa shape index (κ2) is 9.52. The molecular formula is C22H30N2O5. The Kier molecular flexibility index (Phi) is 6.59. The normalized spacial score (nSPS) is 16.5. The molecule has 0 amide bonds. The van der Waals surface area contributed by atoms with Crippen LogP contribution in [0.3, 0.4) is 0 Å². The molecule has 0 radical (unpaired) electrons. The molecule has 158 valence electrons. The maximum absolute atomic E-state index is 5.83. The molecule has 0 unspecified atom stereocenters. The van der Waals surface area contributed by atoms with Gasteiger partial charge in [-0.05, 0) is 49.7 Å². The molecule has 1 fully saturated rings. The lowest BCUT2D eigenvalue weighted by atomic mass is 10.1. The Balaban J connectivity index is 1.43. The molecule has 0 aliphatic carbocycles. The molecule has 0 atom stereocenters. The van der Waals surface area contributed by atoms with Gasteiger partial charge in [-0.15, -0.1) is 0 Å². The summed E-state index contributed by atoms with van der Waals surface area (Å²) in [6.45, 7) is 9.57. The highest BCUT2D eigenvalue weighted by molar-refractivity contribution is 5.55. The highest BCUT2D eigenvalue weighted by atomic mass is 16.7. The van der Waals surface area contributed by atoms with E-state index in [2.05, 4.69) is 15.9 Å². The summed E-state index contributed by atoms with van der Waals surface area (Å²) in [6, 6.07) is 8.17. The fourth-order valence-electron chi connectivity index (χ4n) is 3.88. The summed E-state index contributed by atoms with van der Waals surface area (Å²) in [5, 5.41) is 0. The third-order valence-corrected chi connectivity index (χ3v) is 5.35. The standard InChI is InChI=1S/C22H30N2O5/c1-17-4-5-19(29-17)15-24(7-3-6-23-8-10-26-11-9-23)14-18-12-20(25-2)22-21(13-18)27-16-28-22/h4-5,12-13H,3,6-11,14-16H2,1-2H3. The van der Waals surface area contributed by atoms with E-state index >= 15 is 0 Å². The summed E-state index contributed by atoms with van der Waals surface area (Å²) < 4.78 is 27.9. The molecule has 1 aromatic carbocycles. The van der Waals surface area contributed by atoms with Gasteiger partial charge in [0.1, 0.15) is 11.5 Å². The molecule has 0 saturated carbocycles. The number of rotatable bonds is 9. The van der Waals surface area contributed by atoms with Crippen LogP contribution in [0.15, 0.2) is 28.7 Å². The van der Waals surface area contributed by atoms with Gasteiger partial charge in [-0.25, -0.2) is 0 Å². The van der Waals surface area contributed by atoms with E-state index in [0.29, 0.717) is 5.75 Å². The van der Waals surface area contributed by atoms with Crippen LogP contribution in [0.5, 0.6) is 17.2 Å². The Labute approximate surface area is 172 Å². The van der Waals surface area contributed by atoms with Gasteiger partial charge in [0.25, 0.3) is 0 Å². The number of nitrogens with zero attached hydrogens (tertiary/aromatic N) is 2. The van der Waals surface area contributed by atoms with Crippen LogP contribution in [0.25, 0.3) is 0 Å². The van der Waals surface area contributed by atoms with Gasteiger partial charge < -0.3 is 23.4 Å². The van der Waals surface area contributed by atoms with Crippen LogP contribution >= 0.6 is 0 Å². The van der Waals surface area contributed by atoms with E-state index in [0.717, 1.165) is 87.5 Å². The smallest absolute Gasteiger partial charge is 0.231 e. The largest absolute Gasteiger partial charge is 0.493 e. The molecule has 2 aliphatic rings. The minimum Gasteiger partial charge on any atom is -0.493 e. The van der Waals surface area contributed by atoms with Gasteiger partial charge in [0.15, 0.2) is 11.5 Å². The Morgan fingerprint density at radius 1 is 1.10 bits per heavy atom. The molecule has 0 N–H and O–H groups in total. The summed E-state index contributed by atoms with van der Waals surface area (Å²) >= 11 is 0. The van der Waals surface area contributed by atoms with Gasteiger partial charge in [-0.3, -0.25) is 9.80 Å². The van der Waals surface area contributed by atoms with E-state index in [4.69, 9.17) is 23.4 Å². The average Bonchev–Trinajstić information content (AvgIpc) is 3.36. The minimum atomic E-state index is 0.240. The Morgan fingerprint density at radius 2 is 1.97 bits per heavy atom. The highest BCUT2D eigenvalue weighted by Crippen LogP contribution is 2.42. The highest BCUT2D eigenvalue weighted by Gasteiger charge is 2.21. The van der Waals surface area contributed by atoms with Crippen molar-refractivity contribution in [2.75, 3.05) is 53.3 Å². The first-order valence-electron chi connectivity index (χ1n) is 10.3. The van der Waals surface area contributed by atoms with Crippen molar-refractivity contribution in [1.82, 2.24) is 9.80 Å². The number of benzene rings is 1. The van der Waals surface area contributed by atoms with Gasteiger partial charge in [0.05, 0.1) is 26.9 Å². The van der Waals surface area contributed by atoms with Crippen LogP contribution in [0.1, 0.15) is 23.5 Å². The summed E-state index contributed by atoms with van der Waals surface area (Å²) in [6.07, 6.45) is 1.10. The summed E-state index contributed by atoms with van der Waals surface area (Å²) in [4.78, 5) is 4.89. The first kappa shape index (κ1) is 20.1. The maximum atomic E-state index is 5.83. The molecule has 7 heteroatoms. The number of furan rings is 1. The quantitative estimate of drug-likeness (QED) is 0.639. The third-order valence-electron chi connectivity index (χ3n) is 5.35. The topological polar surface area (TPSA) is 56.5 Å². The number of hydrogen-bond donors (Lipinski definition) is 0. The molecule has 0 spiro atoms. The number of ether oxygens (including phenoxy) is 4. The number of morpholine rings is 1. The van der Waals surface area contributed by atoms with Crippen LogP contribution in [-0.4, -0.2) is 63.1 Å². The lowest BCUT2D eigenvalue weighted by Gasteiger charge is -2.28. The van der Waals surface area contributed by atoms with Crippen molar-refractivity contribution in [2.45, 2.75) is 26.4 Å². The van der Waals surface area contributed by atoms with Gasteiger partial charge in [0.2, 0.25) is 12.5 Å². The summed E-state index contributed by atoms with van der Waals surface area (Å²) in [5.41, 5.74) is 1.14. The van der Waals surface area contributed by atoms with E-state index in [9.17, 15) is 0 Å². The molecular weight excluding hydrogens is 372 g/mol. The fourth-order valence-corrected chi connectivity index (χ4v) is 3.88. The van der Waals surface area contributed by atoms with E-state index in [-0.39, 0.29) is 6.79 Å². The molecule has 7 nitrogen and oxygen atoms in total. The van der Waals surface area contributed by atoms with Crippen molar-refractivity contribution < 1.29 is 23.4 Å². The van der Waals surface area contributed by atoms with E-state index in [1.54, 1.807) is 7.11 Å². The predicted octanol–water partition coefficient (Wildman–Crippen LogP) is 3.05. The first-order chi connectivity index (χ1) is 14.2. The molecule has 1 aromatic heterocycles. The number of methoxy groups -OCH3 is 1. The second-order valence-corrected chi connectivity index (χ2v) is 7.56. The van der Waals surface area contributed by atoms with Crippen molar-refractivity contribution in [1.29, 1.82) is 0 Å². The molecule has 3 heterocycles. The number of hydrogen-bond acceptors (Lipinski definition) is 7. The summed E-state index contributed by atoms with van der Waals surface area (Å²) in [7, 11) is 1.66. The number of fused-ring (bicyclic) bond motifs is 1. The second-order valence-electron chi connectivity index (χ2n) is 7.56. The van der Waals surface area contributed by atoms with Gasteiger partial charge in [-0.2, -0.15) is 0 Å². The SMILES string of the molecule is COc1cc(CN(CCCN2CCOCC2)Cc2ccc(C)o2)cc2c1OCO2. The molecule has 4 rings (SSSR count). The molecule has 1 saturated heterocycles. The van der Waals surface area contributed by atoms with E-state index < -0.39 is 0 Å². The van der Waals surface area contributed by atoms with Crippen LogP contribution in [0.4, 0.5) is 0 Å². The van der Waals surface area contributed by atoms with Crippen molar-refractivity contribution in [2.24, 2.45) is 0 Å². The zero-order chi connectivity index (χ0) is 20.1. The lowest BCUT2D eigenvalue weighted by Crippen LogP contribution is -2.38. The molecule has 2 aromatic rings. The Hall–Kier alpha value is -2.22. The molecule has 0 bridgehead atoms. The van der Waals surface area contributed by atoms with Gasteiger partial charge in [-0.1, -0.05) is 0 Å². The van der Waals surface area contributed by atoms with Crippen LogP contribution in [0, 0.1) is 6.92 Å². The van der Waals surface area contributed by atoms with Crippen molar-refractivity contribution in [3.05, 3.63) is 41.3 Å². The zero-order valence-electron chi connectivity index (χ0n) is 17.3. The minimum absolute atomic E-state index is 0.240. The van der Waals surface area contributed by atoms with Crippen LogP contribution < -0.4 is 14.2 Å². The number of aryl methyl sites for hydroxylation is 1. The monoisotopic (exact) mass is 402 g/mol. The van der Waals surface area contributed by atoms with Crippen LogP contribution in [0.2, 0.25) is 0 Å². The van der Waals surface area contributed by atoms with Crippen molar-refractivity contribution >= 4 is 0 Å². The maximum Gasteiger partial charge on any atom is 0.231 e. The Bertz CT molecular complexity index is 800. The Morgan fingerprint density at radius 3 is 2.72 bits per heavy atom. The average molecular weight is 402 g/mol. The zero-order valence-corrected chi connectivity index (χ0v) is 17.3. The fraction of sp³-hybridized carbons (Fsp3) is 0.545. The predicted molar refractivity (Wildman–Crippen MR) is 109 cm³/mol. The first-order valence-corrected chi connectivity index (χ1v) is 10.3. The van der Waals surface area contributed by atoms with E-state index in [1.807, 2.05) is 25.1 Å².